The summed E-state index contributed by atoms with van der Waals surface area (Å²) in [6.07, 6.45) is 0. The molecular formula is C20H17ClN4O5S2. The molecule has 2 heterocycles. The van der Waals surface area contributed by atoms with E-state index in [2.05, 4.69) is 15.5 Å². The van der Waals surface area contributed by atoms with E-state index in [4.69, 9.17) is 25.5 Å². The first-order valence-electron chi connectivity index (χ1n) is 9.25. The molecule has 0 spiro atoms. The number of nitriles is 1. The number of benzene rings is 1. The fourth-order valence-electron chi connectivity index (χ4n) is 2.45. The maximum absolute atomic E-state index is 12.3. The zero-order valence-electron chi connectivity index (χ0n) is 17.0. The van der Waals surface area contributed by atoms with Crippen molar-refractivity contribution in [3.8, 4) is 11.8 Å². The summed E-state index contributed by atoms with van der Waals surface area (Å²) in [5.41, 5.74) is 0.706. The zero-order chi connectivity index (χ0) is 23.1. The van der Waals surface area contributed by atoms with Crippen LogP contribution in [-0.2, 0) is 16.1 Å². The van der Waals surface area contributed by atoms with Crippen molar-refractivity contribution in [1.82, 2.24) is 10.2 Å². The van der Waals surface area contributed by atoms with Crippen molar-refractivity contribution in [1.29, 1.82) is 5.26 Å². The van der Waals surface area contributed by atoms with E-state index >= 15 is 0 Å². The third kappa shape index (κ3) is 6.00. The van der Waals surface area contributed by atoms with E-state index in [9.17, 15) is 14.9 Å². The van der Waals surface area contributed by atoms with Crippen LogP contribution in [0.3, 0.4) is 0 Å². The largest absolute Gasteiger partial charge is 0.484 e. The number of amides is 1. The molecule has 1 amide bonds. The van der Waals surface area contributed by atoms with Gasteiger partial charge in [-0.25, -0.2) is 4.79 Å². The molecule has 0 atom stereocenters. The molecule has 3 rings (SSSR count). The number of hydrogen-bond acceptors (Lipinski definition) is 10. The van der Waals surface area contributed by atoms with Crippen molar-refractivity contribution < 1.29 is 23.5 Å². The number of hydrogen-bond donors (Lipinski definition) is 1. The monoisotopic (exact) mass is 492 g/mol. The van der Waals surface area contributed by atoms with Crippen LogP contribution in [0.25, 0.3) is 0 Å². The van der Waals surface area contributed by atoms with E-state index in [1.165, 1.54) is 0 Å². The zero-order valence-corrected chi connectivity index (χ0v) is 19.4. The third-order valence-corrected chi connectivity index (χ3v) is 6.18. The van der Waals surface area contributed by atoms with Crippen LogP contribution in [0.4, 0.5) is 5.00 Å². The Balaban J connectivity index is 1.54. The van der Waals surface area contributed by atoms with Gasteiger partial charge in [-0.15, -0.1) is 21.5 Å². The van der Waals surface area contributed by atoms with Crippen LogP contribution in [0.15, 0.2) is 33.9 Å². The number of rotatable bonds is 9. The fourth-order valence-corrected chi connectivity index (χ4v) is 4.22. The van der Waals surface area contributed by atoms with Gasteiger partial charge in [0.15, 0.2) is 6.61 Å². The van der Waals surface area contributed by atoms with Gasteiger partial charge in [-0.3, -0.25) is 4.79 Å². The Hall–Kier alpha value is -3.07. The standard InChI is InChI=1S/C20H17ClN4O5S2/c1-3-28-19(27)17-11(2)14(8-22)18(32-17)23-15(26)10-31-20-25-24-16(30-20)9-29-13-6-4-12(21)5-7-13/h4-7H,3,9-10H2,1-2H3,(H,23,26). The number of carbonyl (C=O) groups excluding carboxylic acids is 2. The number of thiophene rings is 1. The highest BCUT2D eigenvalue weighted by Gasteiger charge is 2.22. The molecule has 0 bridgehead atoms. The van der Waals surface area contributed by atoms with E-state index < -0.39 is 5.97 Å². The van der Waals surface area contributed by atoms with Gasteiger partial charge in [-0.1, -0.05) is 23.4 Å². The maximum Gasteiger partial charge on any atom is 0.348 e. The van der Waals surface area contributed by atoms with Crippen LogP contribution in [0, 0.1) is 18.3 Å². The normalized spacial score (nSPS) is 10.4. The molecule has 0 aliphatic heterocycles. The van der Waals surface area contributed by atoms with Crippen LogP contribution in [0.5, 0.6) is 5.75 Å². The maximum atomic E-state index is 12.3. The van der Waals surface area contributed by atoms with Crippen LogP contribution >= 0.6 is 34.7 Å². The number of nitrogens with one attached hydrogen (secondary N) is 1. The summed E-state index contributed by atoms with van der Waals surface area (Å²) in [4.78, 5) is 24.6. The highest BCUT2D eigenvalue weighted by molar-refractivity contribution is 7.99. The van der Waals surface area contributed by atoms with E-state index in [-0.39, 0.29) is 46.4 Å². The highest BCUT2D eigenvalue weighted by atomic mass is 35.5. The lowest BCUT2D eigenvalue weighted by Crippen LogP contribution is -2.13. The molecule has 32 heavy (non-hydrogen) atoms. The Morgan fingerprint density at radius 3 is 2.75 bits per heavy atom. The second-order valence-electron chi connectivity index (χ2n) is 6.13. The predicted octanol–water partition coefficient (Wildman–Crippen LogP) is 4.45. The summed E-state index contributed by atoms with van der Waals surface area (Å²) in [5.74, 6) is -0.0950. The highest BCUT2D eigenvalue weighted by Crippen LogP contribution is 2.33. The third-order valence-electron chi connectivity index (χ3n) is 3.92. The summed E-state index contributed by atoms with van der Waals surface area (Å²) in [6, 6.07) is 8.85. The Labute approximate surface area is 196 Å². The van der Waals surface area contributed by atoms with Gasteiger partial charge < -0.3 is 19.2 Å². The second-order valence-corrected chi connectivity index (χ2v) is 8.52. The molecule has 0 aliphatic rings. The van der Waals surface area contributed by atoms with Gasteiger partial charge in [0.2, 0.25) is 5.91 Å². The Morgan fingerprint density at radius 2 is 2.06 bits per heavy atom. The molecule has 0 unspecified atom stereocenters. The number of ether oxygens (including phenoxy) is 2. The molecule has 12 heteroatoms. The SMILES string of the molecule is CCOC(=O)c1sc(NC(=O)CSc2nnc(COc3ccc(Cl)cc3)o2)c(C#N)c1C. The second kappa shape index (κ2) is 11.0. The summed E-state index contributed by atoms with van der Waals surface area (Å²) < 4.78 is 16.0. The smallest absolute Gasteiger partial charge is 0.348 e. The van der Waals surface area contributed by atoms with Gasteiger partial charge >= 0.3 is 5.97 Å². The van der Waals surface area contributed by atoms with Crippen LogP contribution in [0.1, 0.15) is 33.6 Å². The van der Waals surface area contributed by atoms with E-state index in [1.807, 2.05) is 6.07 Å². The molecule has 0 aliphatic carbocycles. The van der Waals surface area contributed by atoms with Gasteiger partial charge in [0.1, 0.15) is 21.7 Å². The molecule has 0 saturated heterocycles. The molecule has 3 aromatic rings. The number of thioether (sulfide) groups is 1. The Morgan fingerprint density at radius 1 is 1.31 bits per heavy atom. The molecule has 1 N–H and O–H groups in total. The van der Waals surface area contributed by atoms with Gasteiger partial charge in [-0.2, -0.15) is 5.26 Å². The summed E-state index contributed by atoms with van der Waals surface area (Å²) in [5, 5.41) is 20.9. The van der Waals surface area contributed by atoms with Crippen molar-refractivity contribution >= 4 is 51.6 Å². The molecular weight excluding hydrogens is 476 g/mol. The van der Waals surface area contributed by atoms with Crippen molar-refractivity contribution in [2.75, 3.05) is 17.7 Å². The quantitative estimate of drug-likeness (QED) is 0.340. The number of nitrogens with zero attached hydrogens (tertiary/aromatic N) is 3. The van der Waals surface area contributed by atoms with Crippen LogP contribution < -0.4 is 10.1 Å². The Bertz CT molecular complexity index is 1150. The van der Waals surface area contributed by atoms with E-state index in [0.717, 1.165) is 23.1 Å². The molecule has 0 saturated carbocycles. The topological polar surface area (TPSA) is 127 Å². The fraction of sp³-hybridized carbons (Fsp3) is 0.250. The number of anilines is 1. The van der Waals surface area contributed by atoms with Crippen molar-refractivity contribution in [2.45, 2.75) is 25.7 Å². The summed E-state index contributed by atoms with van der Waals surface area (Å²) in [6.45, 7) is 3.61. The van der Waals surface area contributed by atoms with Crippen LogP contribution in [0.2, 0.25) is 5.02 Å². The predicted molar refractivity (Wildman–Crippen MR) is 119 cm³/mol. The van der Waals surface area contributed by atoms with Crippen LogP contribution in [-0.4, -0.2) is 34.4 Å². The summed E-state index contributed by atoms with van der Waals surface area (Å²) >= 11 is 7.87. The van der Waals surface area contributed by atoms with Crippen molar-refractivity contribution in [3.05, 3.63) is 51.2 Å². The van der Waals surface area contributed by atoms with Gasteiger partial charge in [0, 0.05) is 5.02 Å². The number of halogens is 1. The van der Waals surface area contributed by atoms with Gasteiger partial charge in [0.25, 0.3) is 11.1 Å². The minimum absolute atomic E-state index is 0.0315. The van der Waals surface area contributed by atoms with Crippen molar-refractivity contribution in [3.63, 3.8) is 0 Å². The number of aromatic nitrogens is 2. The number of esters is 1. The molecule has 1 aromatic carbocycles. The average Bonchev–Trinajstić information content (AvgIpc) is 3.36. The van der Waals surface area contributed by atoms with Gasteiger partial charge in [-0.05, 0) is 43.7 Å². The molecule has 166 valence electrons. The molecule has 2 aromatic heterocycles. The van der Waals surface area contributed by atoms with Gasteiger partial charge in [0.05, 0.1) is 17.9 Å². The lowest BCUT2D eigenvalue weighted by molar-refractivity contribution is -0.113. The van der Waals surface area contributed by atoms with Crippen molar-refractivity contribution in [2.24, 2.45) is 0 Å². The Kier molecular flexibility index (Phi) is 8.10. The molecule has 9 nitrogen and oxygen atoms in total. The molecule has 0 fully saturated rings. The van der Waals surface area contributed by atoms with E-state index in [0.29, 0.717) is 21.3 Å². The first kappa shape index (κ1) is 23.6. The van der Waals surface area contributed by atoms with E-state index in [1.54, 1.807) is 38.1 Å². The minimum atomic E-state index is -0.527. The lowest BCUT2D eigenvalue weighted by Gasteiger charge is -2.02. The number of carbonyl (C=O) groups is 2. The lowest BCUT2D eigenvalue weighted by atomic mass is 10.2. The average molecular weight is 493 g/mol. The first-order valence-corrected chi connectivity index (χ1v) is 11.4. The minimum Gasteiger partial charge on any atom is -0.484 e. The molecule has 0 radical (unpaired) electrons. The summed E-state index contributed by atoms with van der Waals surface area (Å²) in [7, 11) is 0. The first-order chi connectivity index (χ1) is 15.4.